The van der Waals surface area contributed by atoms with Gasteiger partial charge in [0.15, 0.2) is 0 Å². The van der Waals surface area contributed by atoms with Gasteiger partial charge in [-0.15, -0.1) is 0 Å². The maximum atomic E-state index is 14.8. The van der Waals surface area contributed by atoms with Crippen LogP contribution < -0.4 is 9.64 Å². The number of carbonyl (C=O) groups excluding carboxylic acids is 1. The minimum atomic E-state index is -4.49. The Hall–Kier alpha value is -3.27. The summed E-state index contributed by atoms with van der Waals surface area (Å²) < 4.78 is 47.2. The summed E-state index contributed by atoms with van der Waals surface area (Å²) in [6, 6.07) is 12.6. The lowest BCUT2D eigenvalue weighted by molar-refractivity contribution is -0.142. The molecule has 256 valence electrons. The van der Waals surface area contributed by atoms with Crippen molar-refractivity contribution in [1.29, 1.82) is 0 Å². The van der Waals surface area contributed by atoms with Gasteiger partial charge in [-0.2, -0.15) is 13.2 Å². The molecule has 4 atom stereocenters. The van der Waals surface area contributed by atoms with Crippen molar-refractivity contribution in [3.05, 3.63) is 59.2 Å². The van der Waals surface area contributed by atoms with E-state index in [0.717, 1.165) is 48.8 Å². The number of methoxy groups -OCH3 is 1. The number of rotatable bonds is 8. The standard InChI is InChI=1S/C37H48F3N3O4/c1-4-24-20-42(21-31(24)30-14-11-27(37(38,39)40)19-33(30)41-17-15-26(16-18-41)34(44)45)35(46)36(2)23-43(28-7-5-6-8-28)22-32(36)25-9-12-29(47-3)13-10-25/h9-14,19,24,26,28,31-32H,4-8,15-18,20-23H2,1-3H3,(H,44,45)/t24-,31-,32-,36+/m0/s1. The average Bonchev–Trinajstić information content (AvgIpc) is 3.83. The summed E-state index contributed by atoms with van der Waals surface area (Å²) >= 11 is 0. The fourth-order valence-corrected chi connectivity index (χ4v) is 8.95. The first kappa shape index (κ1) is 33.6. The number of halogens is 3. The second-order valence-electron chi connectivity index (χ2n) is 14.5. The first-order valence-electron chi connectivity index (χ1n) is 17.3. The van der Waals surface area contributed by atoms with Gasteiger partial charge in [-0.1, -0.05) is 44.4 Å². The quantitative estimate of drug-likeness (QED) is 0.330. The Kier molecular flexibility index (Phi) is 9.53. The van der Waals surface area contributed by atoms with Gasteiger partial charge in [0.2, 0.25) is 5.91 Å². The zero-order valence-electron chi connectivity index (χ0n) is 27.8. The van der Waals surface area contributed by atoms with Crippen LogP contribution in [-0.4, -0.2) is 79.2 Å². The zero-order valence-corrected chi connectivity index (χ0v) is 27.8. The number of aliphatic carboxylic acids is 1. The predicted octanol–water partition coefficient (Wildman–Crippen LogP) is 7.02. The molecule has 0 radical (unpaired) electrons. The SMILES string of the molecule is CC[C@H]1CN(C(=O)[C@]2(C)CN(C3CCCC3)C[C@H]2c2ccc(OC)cc2)C[C@@H]1c1ccc(C(F)(F)F)cc1N1CCC(C(=O)O)CC1. The molecule has 0 bridgehead atoms. The van der Waals surface area contributed by atoms with Gasteiger partial charge in [0.05, 0.1) is 24.0 Å². The highest BCUT2D eigenvalue weighted by Crippen LogP contribution is 2.49. The average molecular weight is 656 g/mol. The number of hydrogen-bond donors (Lipinski definition) is 1. The Morgan fingerprint density at radius 1 is 0.979 bits per heavy atom. The molecule has 2 aromatic rings. The molecule has 2 aromatic carbocycles. The van der Waals surface area contributed by atoms with E-state index in [1.54, 1.807) is 13.2 Å². The van der Waals surface area contributed by atoms with Gasteiger partial charge in [-0.05, 0) is 73.9 Å². The number of nitrogens with zero attached hydrogens (tertiary/aromatic N) is 3. The Balaban J connectivity index is 1.30. The number of carbonyl (C=O) groups is 2. The number of carboxylic acids is 1. The van der Waals surface area contributed by atoms with Crippen molar-refractivity contribution in [2.45, 2.75) is 82.8 Å². The minimum absolute atomic E-state index is 0.0118. The Bertz CT molecular complexity index is 1440. The third-order valence-electron chi connectivity index (χ3n) is 11.8. The van der Waals surface area contributed by atoms with E-state index in [-0.39, 0.29) is 23.7 Å². The molecule has 3 heterocycles. The molecular formula is C37H48F3N3O4. The number of alkyl halides is 3. The van der Waals surface area contributed by atoms with E-state index in [4.69, 9.17) is 4.74 Å². The smallest absolute Gasteiger partial charge is 0.416 e. The van der Waals surface area contributed by atoms with E-state index in [1.165, 1.54) is 18.9 Å². The van der Waals surface area contributed by atoms with E-state index in [0.29, 0.717) is 57.3 Å². The lowest BCUT2D eigenvalue weighted by Crippen LogP contribution is -2.46. The lowest BCUT2D eigenvalue weighted by Gasteiger charge is -2.35. The highest BCUT2D eigenvalue weighted by atomic mass is 19.4. The molecular weight excluding hydrogens is 607 g/mol. The fourth-order valence-electron chi connectivity index (χ4n) is 8.95. The number of amides is 1. The van der Waals surface area contributed by atoms with Crippen LogP contribution in [0.15, 0.2) is 42.5 Å². The van der Waals surface area contributed by atoms with Crippen molar-refractivity contribution in [3.63, 3.8) is 0 Å². The number of likely N-dealkylation sites (tertiary alicyclic amines) is 2. The van der Waals surface area contributed by atoms with Gasteiger partial charge in [-0.3, -0.25) is 14.5 Å². The molecule has 3 aliphatic heterocycles. The van der Waals surface area contributed by atoms with Gasteiger partial charge in [0.1, 0.15) is 5.75 Å². The van der Waals surface area contributed by atoms with Crippen molar-refractivity contribution in [2.75, 3.05) is 51.3 Å². The topological polar surface area (TPSA) is 73.3 Å². The molecule has 6 rings (SSSR count). The number of hydrogen-bond acceptors (Lipinski definition) is 5. The van der Waals surface area contributed by atoms with E-state index in [9.17, 15) is 27.9 Å². The molecule has 4 fully saturated rings. The number of anilines is 1. The van der Waals surface area contributed by atoms with E-state index in [2.05, 4.69) is 30.9 Å². The molecule has 0 aromatic heterocycles. The third-order valence-corrected chi connectivity index (χ3v) is 11.8. The zero-order chi connectivity index (χ0) is 33.5. The summed E-state index contributed by atoms with van der Waals surface area (Å²) in [5, 5.41) is 9.51. The largest absolute Gasteiger partial charge is 0.497 e. The molecule has 7 nitrogen and oxygen atoms in total. The predicted molar refractivity (Wildman–Crippen MR) is 175 cm³/mol. The van der Waals surface area contributed by atoms with Crippen molar-refractivity contribution in [3.8, 4) is 5.75 Å². The summed E-state index contributed by atoms with van der Waals surface area (Å²) in [5.74, 6) is -0.452. The monoisotopic (exact) mass is 655 g/mol. The molecule has 0 unspecified atom stereocenters. The van der Waals surface area contributed by atoms with Gasteiger partial charge in [-0.25, -0.2) is 0 Å². The summed E-state index contributed by atoms with van der Waals surface area (Å²) in [6.07, 6.45) is 1.83. The van der Waals surface area contributed by atoms with Crippen LogP contribution in [0.3, 0.4) is 0 Å². The van der Waals surface area contributed by atoms with Crippen LogP contribution in [0.2, 0.25) is 0 Å². The number of piperidine rings is 1. The minimum Gasteiger partial charge on any atom is -0.497 e. The Morgan fingerprint density at radius 3 is 2.26 bits per heavy atom. The molecule has 1 N–H and O–H groups in total. The van der Waals surface area contributed by atoms with Crippen LogP contribution in [0.5, 0.6) is 5.75 Å². The molecule has 3 saturated heterocycles. The summed E-state index contributed by atoms with van der Waals surface area (Å²) in [5.41, 5.74) is 1.12. The van der Waals surface area contributed by atoms with Crippen LogP contribution in [0.25, 0.3) is 0 Å². The molecule has 4 aliphatic rings. The summed E-state index contributed by atoms with van der Waals surface area (Å²) in [4.78, 5) is 32.9. The molecule has 0 spiro atoms. The first-order valence-corrected chi connectivity index (χ1v) is 17.3. The maximum Gasteiger partial charge on any atom is 0.416 e. The van der Waals surface area contributed by atoms with Crippen LogP contribution in [0.4, 0.5) is 18.9 Å². The maximum absolute atomic E-state index is 14.8. The number of carboxylic acid groups (broad SMARTS) is 1. The van der Waals surface area contributed by atoms with Crippen molar-refractivity contribution >= 4 is 17.6 Å². The van der Waals surface area contributed by atoms with Gasteiger partial charge >= 0.3 is 12.1 Å². The van der Waals surface area contributed by atoms with E-state index >= 15 is 0 Å². The molecule has 1 saturated carbocycles. The number of benzene rings is 2. The molecule has 47 heavy (non-hydrogen) atoms. The van der Waals surface area contributed by atoms with Crippen LogP contribution in [0, 0.1) is 17.3 Å². The first-order chi connectivity index (χ1) is 22.4. The second kappa shape index (κ2) is 13.3. The van der Waals surface area contributed by atoms with Crippen LogP contribution in [0.1, 0.15) is 87.3 Å². The van der Waals surface area contributed by atoms with Crippen LogP contribution in [-0.2, 0) is 15.8 Å². The molecule has 1 amide bonds. The molecule has 1 aliphatic carbocycles. The van der Waals surface area contributed by atoms with E-state index in [1.807, 2.05) is 21.9 Å². The van der Waals surface area contributed by atoms with Crippen molar-refractivity contribution in [1.82, 2.24) is 9.80 Å². The normalized spacial score (nSPS) is 27.9. The van der Waals surface area contributed by atoms with Crippen molar-refractivity contribution < 1.29 is 32.6 Å². The van der Waals surface area contributed by atoms with Crippen LogP contribution >= 0.6 is 0 Å². The fraction of sp³-hybridized carbons (Fsp3) is 0.622. The Morgan fingerprint density at radius 2 is 1.66 bits per heavy atom. The Labute approximate surface area is 276 Å². The third kappa shape index (κ3) is 6.59. The van der Waals surface area contributed by atoms with Gasteiger partial charge in [0.25, 0.3) is 0 Å². The van der Waals surface area contributed by atoms with Gasteiger partial charge in [0, 0.05) is 62.8 Å². The van der Waals surface area contributed by atoms with Gasteiger partial charge < -0.3 is 19.6 Å². The summed E-state index contributed by atoms with van der Waals surface area (Å²) in [6.45, 7) is 7.51. The highest BCUT2D eigenvalue weighted by Gasteiger charge is 2.53. The summed E-state index contributed by atoms with van der Waals surface area (Å²) in [7, 11) is 1.65. The van der Waals surface area contributed by atoms with Crippen molar-refractivity contribution in [2.24, 2.45) is 17.3 Å². The second-order valence-corrected chi connectivity index (χ2v) is 14.5. The molecule has 10 heteroatoms. The van der Waals surface area contributed by atoms with E-state index < -0.39 is 29.0 Å². The highest BCUT2D eigenvalue weighted by molar-refractivity contribution is 5.85. The number of ether oxygens (including phenoxy) is 1. The lowest BCUT2D eigenvalue weighted by atomic mass is 9.75.